The molecule has 3 nitrogen and oxygen atoms in total. The van der Waals surface area contributed by atoms with Gasteiger partial charge in [-0.05, 0) is 36.2 Å². The van der Waals surface area contributed by atoms with Gasteiger partial charge in [0.15, 0.2) is 0 Å². The number of halogens is 1. The molecule has 0 saturated carbocycles. The predicted octanol–water partition coefficient (Wildman–Crippen LogP) is 3.19. The van der Waals surface area contributed by atoms with Crippen molar-refractivity contribution < 1.29 is 4.74 Å². The number of nitrogens with zero attached hydrogens (tertiary/aromatic N) is 1. The molecule has 2 N–H and O–H groups in total. The molecule has 0 bridgehead atoms. The molecule has 0 aliphatic rings. The van der Waals surface area contributed by atoms with Crippen molar-refractivity contribution in [1.82, 2.24) is 4.98 Å². The van der Waals surface area contributed by atoms with Gasteiger partial charge in [-0.3, -0.25) is 0 Å². The fourth-order valence-electron chi connectivity index (χ4n) is 1.67. The molecule has 1 heterocycles. The molecule has 1 aromatic heterocycles. The van der Waals surface area contributed by atoms with E-state index in [0.29, 0.717) is 19.0 Å². The second kappa shape index (κ2) is 5.98. The zero-order valence-electron chi connectivity index (χ0n) is 10.2. The number of hydrogen-bond donors (Lipinski definition) is 1. The lowest BCUT2D eigenvalue weighted by molar-refractivity contribution is 0.290. The molecule has 0 fully saturated rings. The zero-order chi connectivity index (χ0) is 13.0. The van der Waals surface area contributed by atoms with E-state index in [1.165, 1.54) is 0 Å². The van der Waals surface area contributed by atoms with Crippen molar-refractivity contribution in [2.24, 2.45) is 5.73 Å². The monoisotopic (exact) mass is 306 g/mol. The van der Waals surface area contributed by atoms with Crippen LogP contribution in [0.5, 0.6) is 5.88 Å². The average molecular weight is 307 g/mol. The Balaban J connectivity index is 2.10. The summed E-state index contributed by atoms with van der Waals surface area (Å²) in [7, 11) is 0. The van der Waals surface area contributed by atoms with E-state index in [1.54, 1.807) is 6.20 Å². The molecule has 0 aliphatic carbocycles. The van der Waals surface area contributed by atoms with Gasteiger partial charge in [0, 0.05) is 22.8 Å². The Hall–Kier alpha value is -1.39. The Morgan fingerprint density at radius 2 is 1.94 bits per heavy atom. The lowest BCUT2D eigenvalue weighted by Gasteiger charge is -2.11. The Kier molecular flexibility index (Phi) is 4.33. The second-order valence-corrected chi connectivity index (χ2v) is 4.95. The Labute approximate surface area is 115 Å². The SMILES string of the molecule is Cc1ccnc(OCc2ccc(Br)cc2)c1CN. The van der Waals surface area contributed by atoms with Gasteiger partial charge in [-0.2, -0.15) is 0 Å². The van der Waals surface area contributed by atoms with Crippen LogP contribution in [-0.4, -0.2) is 4.98 Å². The van der Waals surface area contributed by atoms with E-state index < -0.39 is 0 Å². The van der Waals surface area contributed by atoms with Crippen molar-refractivity contribution in [3.05, 3.63) is 57.7 Å². The molecule has 0 aliphatic heterocycles. The largest absolute Gasteiger partial charge is 0.473 e. The maximum Gasteiger partial charge on any atom is 0.218 e. The molecular formula is C14H15BrN2O. The quantitative estimate of drug-likeness (QED) is 0.943. The van der Waals surface area contributed by atoms with Crippen molar-refractivity contribution in [3.8, 4) is 5.88 Å². The number of rotatable bonds is 4. The number of hydrogen-bond acceptors (Lipinski definition) is 3. The third kappa shape index (κ3) is 3.09. The van der Waals surface area contributed by atoms with Crippen LogP contribution < -0.4 is 10.5 Å². The molecule has 1 aromatic carbocycles. The van der Waals surface area contributed by atoms with Gasteiger partial charge in [0.25, 0.3) is 0 Å². The third-order valence-electron chi connectivity index (χ3n) is 2.74. The number of benzene rings is 1. The standard InChI is InChI=1S/C14H15BrN2O/c1-10-6-7-17-14(13(10)8-16)18-9-11-2-4-12(15)5-3-11/h2-7H,8-9,16H2,1H3. The summed E-state index contributed by atoms with van der Waals surface area (Å²) in [4.78, 5) is 4.23. The summed E-state index contributed by atoms with van der Waals surface area (Å²) in [6.07, 6.45) is 1.74. The minimum atomic E-state index is 0.440. The minimum Gasteiger partial charge on any atom is -0.473 e. The van der Waals surface area contributed by atoms with Crippen LogP contribution in [0.3, 0.4) is 0 Å². The summed E-state index contributed by atoms with van der Waals surface area (Å²) >= 11 is 3.40. The Morgan fingerprint density at radius 3 is 2.61 bits per heavy atom. The highest BCUT2D eigenvalue weighted by Crippen LogP contribution is 2.19. The summed E-state index contributed by atoms with van der Waals surface area (Å²) in [5.41, 5.74) is 8.89. The van der Waals surface area contributed by atoms with Crippen LogP contribution in [0, 0.1) is 6.92 Å². The maximum atomic E-state index is 5.73. The van der Waals surface area contributed by atoms with E-state index in [2.05, 4.69) is 20.9 Å². The molecule has 0 amide bonds. The van der Waals surface area contributed by atoms with Gasteiger partial charge < -0.3 is 10.5 Å². The molecule has 0 saturated heterocycles. The van der Waals surface area contributed by atoms with Crippen LogP contribution in [-0.2, 0) is 13.2 Å². The highest BCUT2D eigenvalue weighted by Gasteiger charge is 2.06. The molecule has 2 aromatic rings. The van der Waals surface area contributed by atoms with Gasteiger partial charge in [-0.15, -0.1) is 0 Å². The van der Waals surface area contributed by atoms with Crippen LogP contribution in [0.25, 0.3) is 0 Å². The number of aromatic nitrogens is 1. The first-order valence-electron chi connectivity index (χ1n) is 5.72. The number of nitrogens with two attached hydrogens (primary N) is 1. The number of pyridine rings is 1. The predicted molar refractivity (Wildman–Crippen MR) is 75.3 cm³/mol. The maximum absolute atomic E-state index is 5.73. The minimum absolute atomic E-state index is 0.440. The lowest BCUT2D eigenvalue weighted by atomic mass is 10.1. The number of ether oxygens (including phenoxy) is 1. The van der Waals surface area contributed by atoms with E-state index in [0.717, 1.165) is 21.2 Å². The highest BCUT2D eigenvalue weighted by atomic mass is 79.9. The average Bonchev–Trinajstić information content (AvgIpc) is 2.38. The molecule has 0 spiro atoms. The van der Waals surface area contributed by atoms with Crippen molar-refractivity contribution in [2.75, 3.05) is 0 Å². The van der Waals surface area contributed by atoms with Crippen molar-refractivity contribution in [2.45, 2.75) is 20.1 Å². The summed E-state index contributed by atoms with van der Waals surface area (Å²) in [6.45, 7) is 2.95. The third-order valence-corrected chi connectivity index (χ3v) is 3.27. The zero-order valence-corrected chi connectivity index (χ0v) is 11.8. The fourth-order valence-corrected chi connectivity index (χ4v) is 1.93. The van der Waals surface area contributed by atoms with Gasteiger partial charge in [0.2, 0.25) is 5.88 Å². The van der Waals surface area contributed by atoms with E-state index in [9.17, 15) is 0 Å². The van der Waals surface area contributed by atoms with Gasteiger partial charge in [0.1, 0.15) is 6.61 Å². The normalized spacial score (nSPS) is 10.4. The van der Waals surface area contributed by atoms with Crippen LogP contribution in [0.1, 0.15) is 16.7 Å². The van der Waals surface area contributed by atoms with Gasteiger partial charge in [-0.25, -0.2) is 4.98 Å². The second-order valence-electron chi connectivity index (χ2n) is 4.03. The highest BCUT2D eigenvalue weighted by molar-refractivity contribution is 9.10. The molecule has 94 valence electrons. The van der Waals surface area contributed by atoms with Crippen molar-refractivity contribution in [1.29, 1.82) is 0 Å². The summed E-state index contributed by atoms with van der Waals surface area (Å²) in [6, 6.07) is 9.96. The Bertz CT molecular complexity index is 526. The first-order chi connectivity index (χ1) is 8.70. The van der Waals surface area contributed by atoms with E-state index in [4.69, 9.17) is 10.5 Å². The molecule has 0 unspecified atom stereocenters. The van der Waals surface area contributed by atoms with Crippen LogP contribution >= 0.6 is 15.9 Å². The van der Waals surface area contributed by atoms with E-state index in [-0.39, 0.29) is 0 Å². The van der Waals surface area contributed by atoms with E-state index in [1.807, 2.05) is 37.3 Å². The van der Waals surface area contributed by atoms with Gasteiger partial charge in [0.05, 0.1) is 0 Å². The summed E-state index contributed by atoms with van der Waals surface area (Å²) in [5.74, 6) is 0.625. The Morgan fingerprint density at radius 1 is 1.22 bits per heavy atom. The first-order valence-corrected chi connectivity index (χ1v) is 6.52. The topological polar surface area (TPSA) is 48.1 Å². The van der Waals surface area contributed by atoms with Crippen LogP contribution in [0.15, 0.2) is 41.0 Å². The fraction of sp³-hybridized carbons (Fsp3) is 0.214. The number of aryl methyl sites for hydroxylation is 1. The lowest BCUT2D eigenvalue weighted by Crippen LogP contribution is -2.06. The molecule has 4 heteroatoms. The summed E-state index contributed by atoms with van der Waals surface area (Å²) in [5, 5.41) is 0. The molecule has 0 radical (unpaired) electrons. The molecule has 18 heavy (non-hydrogen) atoms. The molecule has 0 atom stereocenters. The van der Waals surface area contributed by atoms with Crippen molar-refractivity contribution >= 4 is 15.9 Å². The first kappa shape index (κ1) is 13.1. The van der Waals surface area contributed by atoms with Crippen LogP contribution in [0.2, 0.25) is 0 Å². The van der Waals surface area contributed by atoms with Gasteiger partial charge in [-0.1, -0.05) is 28.1 Å². The molecule has 2 rings (SSSR count). The van der Waals surface area contributed by atoms with Gasteiger partial charge >= 0.3 is 0 Å². The van der Waals surface area contributed by atoms with E-state index >= 15 is 0 Å². The van der Waals surface area contributed by atoms with Crippen molar-refractivity contribution in [3.63, 3.8) is 0 Å². The van der Waals surface area contributed by atoms with Crippen LogP contribution in [0.4, 0.5) is 0 Å². The smallest absolute Gasteiger partial charge is 0.218 e. The molecular weight excluding hydrogens is 292 g/mol. The summed E-state index contributed by atoms with van der Waals surface area (Å²) < 4.78 is 6.79.